The number of imide groups is 1. The third-order valence-electron chi connectivity index (χ3n) is 4.14. The maximum absolute atomic E-state index is 13.6. The van der Waals surface area contributed by atoms with Crippen molar-refractivity contribution in [1.29, 1.82) is 0 Å². The standard InChI is InChI=1S/C18H16ClFN2O2/c1-10-6-7-12(8-14(10)20)21-15-9-17(23)22(18(15)24)16-5-3-4-13(19)11(16)2/h3-8,15,21H,9H2,1-2H3/t15-/m0/s1. The summed E-state index contributed by atoms with van der Waals surface area (Å²) in [6.07, 6.45) is 0.0142. The second-order valence-corrected chi connectivity index (χ2v) is 6.22. The molecular formula is C18H16ClFN2O2. The zero-order valence-electron chi connectivity index (χ0n) is 13.3. The molecule has 3 rings (SSSR count). The number of carbonyl (C=O) groups excluding carboxylic acids is 2. The largest absolute Gasteiger partial charge is 0.373 e. The molecule has 1 atom stereocenters. The molecule has 2 amide bonds. The number of rotatable bonds is 3. The van der Waals surface area contributed by atoms with Crippen LogP contribution in [0.3, 0.4) is 0 Å². The summed E-state index contributed by atoms with van der Waals surface area (Å²) in [5.74, 6) is -1.04. The maximum atomic E-state index is 13.6. The van der Waals surface area contributed by atoms with Gasteiger partial charge in [-0.25, -0.2) is 9.29 Å². The number of carbonyl (C=O) groups is 2. The van der Waals surface area contributed by atoms with Crippen molar-refractivity contribution in [3.63, 3.8) is 0 Å². The van der Waals surface area contributed by atoms with Crippen LogP contribution in [0.5, 0.6) is 0 Å². The van der Waals surface area contributed by atoms with Gasteiger partial charge in [0, 0.05) is 10.7 Å². The zero-order chi connectivity index (χ0) is 17.4. The molecule has 24 heavy (non-hydrogen) atoms. The quantitative estimate of drug-likeness (QED) is 0.859. The van der Waals surface area contributed by atoms with E-state index in [0.29, 0.717) is 27.5 Å². The van der Waals surface area contributed by atoms with E-state index < -0.39 is 6.04 Å². The van der Waals surface area contributed by atoms with Crippen molar-refractivity contribution in [3.05, 3.63) is 58.4 Å². The molecule has 2 aromatic carbocycles. The second-order valence-electron chi connectivity index (χ2n) is 5.82. The number of hydrogen-bond donors (Lipinski definition) is 1. The summed E-state index contributed by atoms with van der Waals surface area (Å²) >= 11 is 6.08. The maximum Gasteiger partial charge on any atom is 0.256 e. The Morgan fingerprint density at radius 2 is 1.96 bits per heavy atom. The van der Waals surface area contributed by atoms with Gasteiger partial charge < -0.3 is 5.32 Å². The van der Waals surface area contributed by atoms with Gasteiger partial charge in [0.25, 0.3) is 5.91 Å². The van der Waals surface area contributed by atoms with E-state index in [9.17, 15) is 14.0 Å². The van der Waals surface area contributed by atoms with Gasteiger partial charge in [-0.2, -0.15) is 0 Å². The Morgan fingerprint density at radius 3 is 2.67 bits per heavy atom. The van der Waals surface area contributed by atoms with Crippen LogP contribution in [-0.4, -0.2) is 17.9 Å². The molecule has 0 saturated carbocycles. The Kier molecular flexibility index (Phi) is 4.28. The van der Waals surface area contributed by atoms with Gasteiger partial charge in [-0.1, -0.05) is 23.7 Å². The average molecular weight is 347 g/mol. The number of nitrogens with zero attached hydrogens (tertiary/aromatic N) is 1. The van der Waals surface area contributed by atoms with Crippen LogP contribution in [-0.2, 0) is 9.59 Å². The number of halogens is 2. The Bertz CT molecular complexity index is 838. The molecule has 1 aliphatic rings. The predicted octanol–water partition coefficient (Wildman–Crippen LogP) is 3.84. The van der Waals surface area contributed by atoms with E-state index in [0.717, 1.165) is 4.90 Å². The van der Waals surface area contributed by atoms with E-state index in [1.807, 2.05) is 0 Å². The van der Waals surface area contributed by atoms with Crippen LogP contribution < -0.4 is 10.2 Å². The van der Waals surface area contributed by atoms with Crippen LogP contribution >= 0.6 is 11.6 Å². The van der Waals surface area contributed by atoms with Gasteiger partial charge in [-0.3, -0.25) is 9.59 Å². The summed E-state index contributed by atoms with van der Waals surface area (Å²) in [6, 6.07) is 8.99. The highest BCUT2D eigenvalue weighted by atomic mass is 35.5. The van der Waals surface area contributed by atoms with Crippen molar-refractivity contribution in [3.8, 4) is 0 Å². The highest BCUT2D eigenvalue weighted by molar-refractivity contribution is 6.32. The van der Waals surface area contributed by atoms with Crippen LogP contribution in [0.1, 0.15) is 17.5 Å². The fraction of sp³-hybridized carbons (Fsp3) is 0.222. The normalized spacial score (nSPS) is 17.5. The summed E-state index contributed by atoms with van der Waals surface area (Å²) in [5, 5.41) is 3.43. The molecule has 6 heteroatoms. The summed E-state index contributed by atoms with van der Waals surface area (Å²) in [7, 11) is 0. The lowest BCUT2D eigenvalue weighted by Crippen LogP contribution is -2.35. The van der Waals surface area contributed by atoms with Gasteiger partial charge >= 0.3 is 0 Å². The summed E-state index contributed by atoms with van der Waals surface area (Å²) in [6.45, 7) is 3.42. The first-order valence-corrected chi connectivity index (χ1v) is 7.91. The lowest BCUT2D eigenvalue weighted by atomic mass is 10.1. The SMILES string of the molecule is Cc1ccc(N[C@H]2CC(=O)N(c3cccc(Cl)c3C)C2=O)cc1F. The van der Waals surface area contributed by atoms with Gasteiger partial charge in [-0.05, 0) is 49.2 Å². The monoisotopic (exact) mass is 346 g/mol. The van der Waals surface area contributed by atoms with Crippen LogP contribution in [0.15, 0.2) is 36.4 Å². The lowest BCUT2D eigenvalue weighted by Gasteiger charge is -2.18. The zero-order valence-corrected chi connectivity index (χ0v) is 14.0. The van der Waals surface area contributed by atoms with Gasteiger partial charge in [-0.15, -0.1) is 0 Å². The van der Waals surface area contributed by atoms with Crippen molar-refractivity contribution in [2.75, 3.05) is 10.2 Å². The molecule has 0 unspecified atom stereocenters. The van der Waals surface area contributed by atoms with E-state index in [1.165, 1.54) is 6.07 Å². The molecule has 1 aliphatic heterocycles. The van der Waals surface area contributed by atoms with E-state index in [2.05, 4.69) is 5.32 Å². The molecule has 1 fully saturated rings. The highest BCUT2D eigenvalue weighted by Gasteiger charge is 2.40. The number of hydrogen-bond acceptors (Lipinski definition) is 3. The number of amides is 2. The Balaban J connectivity index is 1.86. The fourth-order valence-corrected chi connectivity index (χ4v) is 2.89. The van der Waals surface area contributed by atoms with E-state index in [4.69, 9.17) is 11.6 Å². The molecule has 124 valence electrons. The number of aryl methyl sites for hydroxylation is 1. The Hall–Kier alpha value is -2.40. The Morgan fingerprint density at radius 1 is 1.21 bits per heavy atom. The second kappa shape index (κ2) is 6.24. The molecule has 1 heterocycles. The number of benzene rings is 2. The summed E-state index contributed by atoms with van der Waals surface area (Å²) in [5.41, 5.74) is 2.14. The fourth-order valence-electron chi connectivity index (χ4n) is 2.72. The van der Waals surface area contributed by atoms with Crippen molar-refractivity contribution in [2.24, 2.45) is 0 Å². The lowest BCUT2D eigenvalue weighted by molar-refractivity contribution is -0.121. The summed E-state index contributed by atoms with van der Waals surface area (Å²) in [4.78, 5) is 26.1. The molecule has 0 aliphatic carbocycles. The first-order valence-electron chi connectivity index (χ1n) is 7.53. The third kappa shape index (κ3) is 2.87. The molecule has 4 nitrogen and oxygen atoms in total. The first kappa shape index (κ1) is 16.5. The molecular weight excluding hydrogens is 331 g/mol. The van der Waals surface area contributed by atoms with E-state index in [-0.39, 0.29) is 24.1 Å². The molecule has 0 bridgehead atoms. The van der Waals surface area contributed by atoms with E-state index in [1.54, 1.807) is 44.2 Å². The molecule has 0 aromatic heterocycles. The van der Waals surface area contributed by atoms with Crippen LogP contribution in [0.4, 0.5) is 15.8 Å². The first-order chi connectivity index (χ1) is 11.4. The third-order valence-corrected chi connectivity index (χ3v) is 4.55. The minimum Gasteiger partial charge on any atom is -0.373 e. The summed E-state index contributed by atoms with van der Waals surface area (Å²) < 4.78 is 13.6. The Labute approximate surface area is 144 Å². The number of nitrogens with one attached hydrogen (secondary N) is 1. The molecule has 2 aromatic rings. The minimum atomic E-state index is -0.724. The molecule has 0 radical (unpaired) electrons. The van der Waals surface area contributed by atoms with Crippen molar-refractivity contribution in [1.82, 2.24) is 0 Å². The topological polar surface area (TPSA) is 49.4 Å². The molecule has 1 N–H and O–H groups in total. The number of anilines is 2. The van der Waals surface area contributed by atoms with Crippen molar-refractivity contribution in [2.45, 2.75) is 26.3 Å². The van der Waals surface area contributed by atoms with Gasteiger partial charge in [0.05, 0.1) is 12.1 Å². The highest BCUT2D eigenvalue weighted by Crippen LogP contribution is 2.31. The molecule has 0 spiro atoms. The van der Waals surface area contributed by atoms with Crippen LogP contribution in [0.2, 0.25) is 5.02 Å². The van der Waals surface area contributed by atoms with Crippen LogP contribution in [0, 0.1) is 19.7 Å². The van der Waals surface area contributed by atoms with Gasteiger partial charge in [0.2, 0.25) is 5.91 Å². The smallest absolute Gasteiger partial charge is 0.256 e. The van der Waals surface area contributed by atoms with Gasteiger partial charge in [0.15, 0.2) is 0 Å². The van der Waals surface area contributed by atoms with Gasteiger partial charge in [0.1, 0.15) is 11.9 Å². The molecule has 1 saturated heterocycles. The minimum absolute atomic E-state index is 0.0142. The van der Waals surface area contributed by atoms with Crippen LogP contribution in [0.25, 0.3) is 0 Å². The average Bonchev–Trinajstić information content (AvgIpc) is 2.80. The van der Waals surface area contributed by atoms with E-state index >= 15 is 0 Å². The predicted molar refractivity (Wildman–Crippen MR) is 91.8 cm³/mol. The van der Waals surface area contributed by atoms with Crippen molar-refractivity contribution >= 4 is 34.8 Å². The van der Waals surface area contributed by atoms with Crippen molar-refractivity contribution < 1.29 is 14.0 Å².